The maximum atomic E-state index is 12.1. The number of carbonyl (C=O) groups excluding carboxylic acids is 6. The van der Waals surface area contributed by atoms with Gasteiger partial charge in [-0.2, -0.15) is 0 Å². The second-order valence-corrected chi connectivity index (χ2v) is 15.7. The molecule has 3 atom stereocenters. The molecule has 6 aromatic heterocycles. The van der Waals surface area contributed by atoms with Crippen LogP contribution in [-0.4, -0.2) is 65.0 Å². The Morgan fingerprint density at radius 1 is 0.545 bits per heavy atom. The first-order valence-corrected chi connectivity index (χ1v) is 20.1. The van der Waals surface area contributed by atoms with Gasteiger partial charge in [0.15, 0.2) is 16.7 Å². The summed E-state index contributed by atoms with van der Waals surface area (Å²) in [4.78, 5) is 74.2. The van der Waals surface area contributed by atoms with Gasteiger partial charge in [-0.1, -0.05) is 10.3 Å². The van der Waals surface area contributed by atoms with Crippen molar-refractivity contribution in [1.82, 2.24) is 45.5 Å². The van der Waals surface area contributed by atoms with Crippen molar-refractivity contribution in [3.63, 3.8) is 0 Å². The SMILES string of the molecule is Cn1ccc2c3c(C4CCC(=O)NC4=O)noc3ccc21.Cn1ccc2c3c(C4CCC(=O)NC4=O)noc3ccc21.O=C1CCC(c2[nH]oc3ccc4nccc4c23)C(=O)N1.[CH3-].[CH3-].[W].[W]. The fourth-order valence-electron chi connectivity index (χ4n) is 8.82. The molecule has 3 aliphatic rings. The van der Waals surface area contributed by atoms with Crippen molar-refractivity contribution in [3.8, 4) is 0 Å². The fourth-order valence-corrected chi connectivity index (χ4v) is 8.82. The van der Waals surface area contributed by atoms with Gasteiger partial charge in [0.1, 0.15) is 11.4 Å². The number of aromatic amines is 1. The number of hydrogen-bond acceptors (Lipinski definition) is 12. The van der Waals surface area contributed by atoms with Crippen LogP contribution in [0.25, 0.3) is 65.6 Å². The first kappa shape index (κ1) is 48.9. The number of carbonyl (C=O) groups is 6. The van der Waals surface area contributed by atoms with Gasteiger partial charge in [-0.05, 0) is 73.9 Å². The normalized spacial score (nSPS) is 18.3. The van der Waals surface area contributed by atoms with E-state index < -0.39 is 17.8 Å². The van der Waals surface area contributed by atoms with Gasteiger partial charge in [0.25, 0.3) is 0 Å². The third-order valence-corrected chi connectivity index (χ3v) is 12.0. The van der Waals surface area contributed by atoms with Crippen LogP contribution in [0.2, 0.25) is 0 Å². The first-order valence-electron chi connectivity index (χ1n) is 20.1. The molecular weight excluding hydrogens is 1190 g/mol. The molecule has 0 bridgehead atoms. The Bertz CT molecular complexity index is 3190. The molecule has 3 aliphatic heterocycles. The van der Waals surface area contributed by atoms with E-state index in [0.29, 0.717) is 72.4 Å². The van der Waals surface area contributed by atoms with Gasteiger partial charge in [-0.15, -0.1) is 0 Å². The second kappa shape index (κ2) is 19.5. The number of imide groups is 3. The number of aromatic nitrogens is 6. The van der Waals surface area contributed by atoms with Gasteiger partial charge in [0.05, 0.1) is 45.1 Å². The van der Waals surface area contributed by atoms with Gasteiger partial charge in [-0.25, -0.2) is 5.16 Å². The molecule has 3 fully saturated rings. The van der Waals surface area contributed by atoms with Crippen molar-refractivity contribution < 1.29 is 84.5 Å². The van der Waals surface area contributed by atoms with E-state index in [4.69, 9.17) is 13.6 Å². The van der Waals surface area contributed by atoms with E-state index in [2.05, 4.69) is 36.4 Å². The Hall–Kier alpha value is -6.51. The molecule has 12 rings (SSSR count). The Kier molecular flexibility index (Phi) is 14.5. The molecule has 4 N–H and O–H groups in total. The number of benzene rings is 3. The summed E-state index contributed by atoms with van der Waals surface area (Å²) in [5, 5.41) is 23.7. The van der Waals surface area contributed by atoms with Crippen molar-refractivity contribution >= 4 is 101 Å². The van der Waals surface area contributed by atoms with Crippen LogP contribution in [0, 0.1) is 14.9 Å². The van der Waals surface area contributed by atoms with Gasteiger partial charge in [0, 0.05) is 121 Å². The third kappa shape index (κ3) is 8.55. The maximum Gasteiger partial charge on any atom is 0.235 e. The minimum absolute atomic E-state index is 0. The number of aryl methyl sites for hydroxylation is 2. The van der Waals surface area contributed by atoms with Crippen LogP contribution in [0.1, 0.15) is 73.4 Å². The van der Waals surface area contributed by atoms with Gasteiger partial charge >= 0.3 is 0 Å². The number of rotatable bonds is 3. The summed E-state index contributed by atoms with van der Waals surface area (Å²) in [6, 6.07) is 17.2. The van der Waals surface area contributed by atoms with E-state index in [0.717, 1.165) is 48.9 Å². The minimum Gasteiger partial charge on any atom is -0.382 e. The van der Waals surface area contributed by atoms with Gasteiger partial charge in [0.2, 0.25) is 35.4 Å². The van der Waals surface area contributed by atoms with Crippen LogP contribution in [0.5, 0.6) is 0 Å². The predicted octanol–water partition coefficient (Wildman–Crippen LogP) is 6.40. The molecule has 0 spiro atoms. The zero-order chi connectivity index (χ0) is 42.8. The summed E-state index contributed by atoms with van der Waals surface area (Å²) in [7, 11) is 3.93. The standard InChI is InChI=1S/2C15H13N3O3.C14H11N3O3.2CH3.2W/c2*1-18-7-6-8-10(18)3-4-11-13(8)14(17-21-11)9-2-5-12(19)16-15(9)20;18-11-4-1-8(14(19)16-11)13-12-7-5-6-15-9(7)2-3-10(12)20-17-13;;;;/h2*3-4,6-7,9H,2,5H2,1H3,(H,16,19,20);2-3,5-6,8,17H,1,4H2,(H,16,18,19);2*1H3;;/q;;;2*-1;;. The fraction of sp³-hybridized carbons (Fsp3) is 0.239. The van der Waals surface area contributed by atoms with E-state index in [1.165, 1.54) is 0 Å². The molecule has 3 unspecified atom stereocenters. The van der Waals surface area contributed by atoms with Crippen molar-refractivity contribution in [3.05, 3.63) is 105 Å². The minimum atomic E-state index is -0.435. The summed E-state index contributed by atoms with van der Waals surface area (Å²) in [6.07, 6.45) is 8.07. The van der Waals surface area contributed by atoms with E-state index in [9.17, 15) is 28.8 Å². The van der Waals surface area contributed by atoms with Crippen LogP contribution in [0.4, 0.5) is 0 Å². The first-order chi connectivity index (χ1) is 30.0. The number of piperidine rings is 3. The molecule has 6 amide bonds. The van der Waals surface area contributed by atoms with Crippen LogP contribution < -0.4 is 16.0 Å². The molecular formula is C46H43N9O9W2-2. The Balaban J connectivity index is 0.000000159. The van der Waals surface area contributed by atoms with Crippen LogP contribution in [-0.2, 0) is 85.0 Å². The van der Waals surface area contributed by atoms with Gasteiger partial charge in [-0.3, -0.25) is 49.7 Å². The summed E-state index contributed by atoms with van der Waals surface area (Å²) >= 11 is 0. The molecule has 3 aromatic carbocycles. The van der Waals surface area contributed by atoms with E-state index in [1.807, 2.05) is 90.2 Å². The summed E-state index contributed by atoms with van der Waals surface area (Å²) in [5.41, 5.74) is 6.92. The summed E-state index contributed by atoms with van der Waals surface area (Å²) < 4.78 is 20.2. The third-order valence-electron chi connectivity index (χ3n) is 12.0. The monoisotopic (exact) mass is 1230 g/mol. The van der Waals surface area contributed by atoms with E-state index in [1.54, 1.807) is 6.20 Å². The van der Waals surface area contributed by atoms with Crippen molar-refractivity contribution in [2.24, 2.45) is 14.1 Å². The molecule has 0 aliphatic carbocycles. The number of H-pyrrole nitrogens is 1. The average Bonchev–Trinajstić information content (AvgIpc) is 4.12. The Morgan fingerprint density at radius 2 is 1.00 bits per heavy atom. The van der Waals surface area contributed by atoms with Crippen molar-refractivity contribution in [2.45, 2.75) is 56.3 Å². The average molecular weight is 1230 g/mol. The molecule has 18 nitrogen and oxygen atoms in total. The Labute approximate surface area is 404 Å². The van der Waals surface area contributed by atoms with Gasteiger partial charge < -0.3 is 37.6 Å². The molecule has 3 saturated heterocycles. The maximum absolute atomic E-state index is 12.1. The zero-order valence-electron chi connectivity index (χ0n) is 36.1. The van der Waals surface area contributed by atoms with Crippen molar-refractivity contribution in [1.29, 1.82) is 0 Å². The molecule has 66 heavy (non-hydrogen) atoms. The topological polar surface area (TPSA) is 242 Å². The number of nitrogens with zero attached hydrogens (tertiary/aromatic N) is 5. The summed E-state index contributed by atoms with van der Waals surface area (Å²) in [6.45, 7) is 0. The quantitative estimate of drug-likeness (QED) is 0.111. The molecule has 0 saturated carbocycles. The van der Waals surface area contributed by atoms with Crippen LogP contribution in [0.3, 0.4) is 0 Å². The molecule has 9 heterocycles. The van der Waals surface area contributed by atoms with Crippen LogP contribution >= 0.6 is 0 Å². The molecule has 9 aromatic rings. The van der Waals surface area contributed by atoms with E-state index >= 15 is 0 Å². The molecule has 340 valence electrons. The number of nitrogens with one attached hydrogen (secondary N) is 4. The number of amides is 6. The Morgan fingerprint density at radius 3 is 1.47 bits per heavy atom. The second-order valence-electron chi connectivity index (χ2n) is 15.7. The van der Waals surface area contributed by atoms with E-state index in [-0.39, 0.29) is 92.4 Å². The largest absolute Gasteiger partial charge is 0.382 e. The summed E-state index contributed by atoms with van der Waals surface area (Å²) in [5.74, 6) is -2.82. The smallest absolute Gasteiger partial charge is 0.235 e. The number of fused-ring (bicyclic) bond motifs is 9. The number of hydrogen-bond donors (Lipinski definition) is 4. The van der Waals surface area contributed by atoms with Crippen LogP contribution in [0.15, 0.2) is 86.8 Å². The zero-order valence-corrected chi connectivity index (χ0v) is 42.0. The predicted molar refractivity (Wildman–Crippen MR) is 235 cm³/mol. The molecule has 20 heteroatoms. The molecule has 0 radical (unpaired) electrons. The van der Waals surface area contributed by atoms with Crippen molar-refractivity contribution in [2.75, 3.05) is 0 Å².